The van der Waals surface area contributed by atoms with Crippen LogP contribution in [0, 0.1) is 12.7 Å². The Labute approximate surface area is 150 Å². The predicted molar refractivity (Wildman–Crippen MR) is 97.5 cm³/mol. The van der Waals surface area contributed by atoms with Crippen LogP contribution in [0.25, 0.3) is 0 Å². The molecule has 0 saturated heterocycles. The number of ether oxygens (including phenoxy) is 1. The van der Waals surface area contributed by atoms with Crippen molar-refractivity contribution in [2.45, 2.75) is 6.92 Å². The molecule has 0 unspecified atom stereocenters. The predicted octanol–water partition coefficient (Wildman–Crippen LogP) is 4.20. The SMILES string of the molecule is COC(=O)c1ccc(Nc2cc(C)nc(Nc3ccc(F)cc3)n2)cc1. The summed E-state index contributed by atoms with van der Waals surface area (Å²) >= 11 is 0. The van der Waals surface area contributed by atoms with E-state index in [9.17, 15) is 9.18 Å². The quantitative estimate of drug-likeness (QED) is 0.670. The molecule has 1 heterocycles. The average Bonchev–Trinajstić information content (AvgIpc) is 2.63. The second kappa shape index (κ2) is 7.60. The van der Waals surface area contributed by atoms with Crippen molar-refractivity contribution in [1.29, 1.82) is 0 Å². The lowest BCUT2D eigenvalue weighted by Gasteiger charge is -2.10. The van der Waals surface area contributed by atoms with Crippen LogP contribution >= 0.6 is 0 Å². The number of carbonyl (C=O) groups is 1. The van der Waals surface area contributed by atoms with Crippen molar-refractivity contribution in [2.24, 2.45) is 0 Å². The number of rotatable bonds is 5. The number of benzene rings is 2. The Hall–Kier alpha value is -3.48. The molecule has 1 aromatic heterocycles. The van der Waals surface area contributed by atoms with Crippen LogP contribution in [-0.2, 0) is 4.74 Å². The third kappa shape index (κ3) is 4.32. The molecule has 0 bridgehead atoms. The zero-order valence-corrected chi connectivity index (χ0v) is 14.3. The maximum atomic E-state index is 13.0. The Morgan fingerprint density at radius 1 is 0.962 bits per heavy atom. The van der Waals surface area contributed by atoms with Crippen LogP contribution in [-0.4, -0.2) is 23.0 Å². The van der Waals surface area contributed by atoms with Gasteiger partial charge in [-0.05, 0) is 55.5 Å². The lowest BCUT2D eigenvalue weighted by molar-refractivity contribution is 0.0601. The van der Waals surface area contributed by atoms with E-state index in [1.165, 1.54) is 19.2 Å². The number of hydrogen-bond donors (Lipinski definition) is 2. The first-order valence-corrected chi connectivity index (χ1v) is 7.87. The summed E-state index contributed by atoms with van der Waals surface area (Å²) < 4.78 is 17.7. The largest absolute Gasteiger partial charge is 0.465 e. The fourth-order valence-electron chi connectivity index (χ4n) is 2.31. The summed E-state index contributed by atoms with van der Waals surface area (Å²) in [6, 6.07) is 14.6. The van der Waals surface area contributed by atoms with E-state index in [0.717, 1.165) is 11.4 Å². The van der Waals surface area contributed by atoms with Gasteiger partial charge in [0.15, 0.2) is 0 Å². The Bertz CT molecular complexity index is 912. The van der Waals surface area contributed by atoms with Crippen molar-refractivity contribution >= 4 is 29.1 Å². The van der Waals surface area contributed by atoms with E-state index in [1.54, 1.807) is 42.5 Å². The maximum Gasteiger partial charge on any atom is 0.337 e. The molecule has 0 spiro atoms. The van der Waals surface area contributed by atoms with Gasteiger partial charge in [-0.15, -0.1) is 0 Å². The molecule has 0 saturated carbocycles. The summed E-state index contributed by atoms with van der Waals surface area (Å²) in [5.74, 6) is 0.289. The molecule has 0 fully saturated rings. The van der Waals surface area contributed by atoms with Gasteiger partial charge >= 0.3 is 5.97 Å². The second-order valence-electron chi connectivity index (χ2n) is 5.54. The smallest absolute Gasteiger partial charge is 0.337 e. The Morgan fingerprint density at radius 3 is 2.23 bits per heavy atom. The Morgan fingerprint density at radius 2 is 1.58 bits per heavy atom. The number of aromatic nitrogens is 2. The van der Waals surface area contributed by atoms with E-state index in [4.69, 9.17) is 0 Å². The summed E-state index contributed by atoms with van der Waals surface area (Å²) in [7, 11) is 1.34. The molecule has 0 aliphatic rings. The molecule has 3 rings (SSSR count). The average molecular weight is 352 g/mol. The Kier molecular flexibility index (Phi) is 5.07. The van der Waals surface area contributed by atoms with Crippen molar-refractivity contribution < 1.29 is 13.9 Å². The third-order valence-corrected chi connectivity index (χ3v) is 3.53. The van der Waals surface area contributed by atoms with Crippen LogP contribution in [0.3, 0.4) is 0 Å². The molecule has 0 radical (unpaired) electrons. The minimum absolute atomic E-state index is 0.307. The number of aryl methyl sites for hydroxylation is 1. The van der Waals surface area contributed by atoms with Gasteiger partial charge in [0.2, 0.25) is 5.95 Å². The highest BCUT2D eigenvalue weighted by Crippen LogP contribution is 2.20. The molecule has 6 nitrogen and oxygen atoms in total. The van der Waals surface area contributed by atoms with E-state index >= 15 is 0 Å². The first-order valence-electron chi connectivity index (χ1n) is 7.87. The van der Waals surface area contributed by atoms with Crippen LogP contribution in [0.5, 0.6) is 0 Å². The number of nitrogens with one attached hydrogen (secondary N) is 2. The summed E-state index contributed by atoms with van der Waals surface area (Å²) in [4.78, 5) is 20.2. The van der Waals surface area contributed by atoms with Crippen molar-refractivity contribution in [3.8, 4) is 0 Å². The van der Waals surface area contributed by atoms with Crippen LogP contribution in [0.4, 0.5) is 27.5 Å². The number of nitrogens with zero attached hydrogens (tertiary/aromatic N) is 2. The van der Waals surface area contributed by atoms with Crippen molar-refractivity contribution in [3.63, 3.8) is 0 Å². The number of esters is 1. The molecular weight excluding hydrogens is 335 g/mol. The fraction of sp³-hybridized carbons (Fsp3) is 0.105. The molecule has 2 N–H and O–H groups in total. The number of halogens is 1. The lowest BCUT2D eigenvalue weighted by Crippen LogP contribution is -2.03. The highest BCUT2D eigenvalue weighted by atomic mass is 19.1. The van der Waals surface area contributed by atoms with Gasteiger partial charge in [0, 0.05) is 23.1 Å². The van der Waals surface area contributed by atoms with Gasteiger partial charge in [0.05, 0.1) is 12.7 Å². The number of anilines is 4. The molecule has 132 valence electrons. The zero-order valence-electron chi connectivity index (χ0n) is 14.3. The van der Waals surface area contributed by atoms with Crippen LogP contribution in [0.2, 0.25) is 0 Å². The topological polar surface area (TPSA) is 76.1 Å². The number of carbonyl (C=O) groups excluding carboxylic acids is 1. The fourth-order valence-corrected chi connectivity index (χ4v) is 2.31. The molecule has 0 aliphatic carbocycles. The van der Waals surface area contributed by atoms with E-state index in [0.29, 0.717) is 23.0 Å². The lowest BCUT2D eigenvalue weighted by atomic mass is 10.2. The van der Waals surface area contributed by atoms with Gasteiger partial charge in [-0.25, -0.2) is 14.2 Å². The molecule has 0 atom stereocenters. The van der Waals surface area contributed by atoms with E-state index in [1.807, 2.05) is 6.92 Å². The summed E-state index contributed by atoms with van der Waals surface area (Å²) in [6.07, 6.45) is 0. The normalized spacial score (nSPS) is 10.3. The molecule has 0 aliphatic heterocycles. The van der Waals surface area contributed by atoms with Crippen molar-refractivity contribution in [2.75, 3.05) is 17.7 Å². The highest BCUT2D eigenvalue weighted by Gasteiger charge is 2.06. The van der Waals surface area contributed by atoms with Gasteiger partial charge in [0.1, 0.15) is 11.6 Å². The zero-order chi connectivity index (χ0) is 18.5. The monoisotopic (exact) mass is 352 g/mol. The number of hydrogen-bond acceptors (Lipinski definition) is 6. The molecule has 7 heteroatoms. The van der Waals surface area contributed by atoms with Crippen molar-refractivity contribution in [3.05, 3.63) is 71.7 Å². The van der Waals surface area contributed by atoms with Gasteiger partial charge in [-0.1, -0.05) is 0 Å². The minimum Gasteiger partial charge on any atom is -0.465 e. The summed E-state index contributed by atoms with van der Waals surface area (Å²) in [6.45, 7) is 1.85. The first kappa shape index (κ1) is 17.3. The maximum absolute atomic E-state index is 13.0. The van der Waals surface area contributed by atoms with Crippen LogP contribution < -0.4 is 10.6 Å². The van der Waals surface area contributed by atoms with E-state index in [-0.39, 0.29) is 11.8 Å². The number of methoxy groups -OCH3 is 1. The highest BCUT2D eigenvalue weighted by molar-refractivity contribution is 5.89. The van der Waals surface area contributed by atoms with Gasteiger partial charge in [-0.3, -0.25) is 0 Å². The standard InChI is InChI=1S/C19H17FN4O2/c1-12-11-17(22-15-7-3-13(4-8-15)18(25)26-2)24-19(21-12)23-16-9-5-14(20)6-10-16/h3-11H,1-2H3,(H2,21,22,23,24). The molecule has 3 aromatic rings. The third-order valence-electron chi connectivity index (χ3n) is 3.53. The van der Waals surface area contributed by atoms with Gasteiger partial charge in [-0.2, -0.15) is 4.98 Å². The second-order valence-corrected chi connectivity index (χ2v) is 5.54. The van der Waals surface area contributed by atoms with Crippen LogP contribution in [0.1, 0.15) is 16.1 Å². The van der Waals surface area contributed by atoms with E-state index in [2.05, 4.69) is 25.3 Å². The van der Waals surface area contributed by atoms with Crippen molar-refractivity contribution in [1.82, 2.24) is 9.97 Å². The summed E-state index contributed by atoms with van der Waals surface area (Å²) in [5.41, 5.74) is 2.68. The minimum atomic E-state index is -0.389. The van der Waals surface area contributed by atoms with E-state index < -0.39 is 0 Å². The molecular formula is C19H17FN4O2. The molecule has 2 aromatic carbocycles. The molecule has 0 amide bonds. The van der Waals surface area contributed by atoms with Crippen LogP contribution in [0.15, 0.2) is 54.6 Å². The van der Waals surface area contributed by atoms with Gasteiger partial charge < -0.3 is 15.4 Å². The molecule has 26 heavy (non-hydrogen) atoms. The first-order chi connectivity index (χ1) is 12.5. The van der Waals surface area contributed by atoms with Gasteiger partial charge in [0.25, 0.3) is 0 Å². The summed E-state index contributed by atoms with van der Waals surface area (Å²) in [5, 5.41) is 6.20. The Balaban J connectivity index is 1.77.